The lowest BCUT2D eigenvalue weighted by molar-refractivity contribution is -0.338. The molecule has 13 heteroatoms. The number of aliphatic hydroxyl groups is 7. The van der Waals surface area contributed by atoms with Crippen molar-refractivity contribution in [3.8, 4) is 0 Å². The summed E-state index contributed by atoms with van der Waals surface area (Å²) in [5.74, 6) is 0. The van der Waals surface area contributed by atoms with Crippen LogP contribution in [0.4, 0.5) is 0 Å². The number of aliphatic hydroxyl groups excluding tert-OH is 7. The second kappa shape index (κ2) is 8.60. The summed E-state index contributed by atoms with van der Waals surface area (Å²) in [5.41, 5.74) is -1.80. The van der Waals surface area contributed by atoms with Crippen LogP contribution in [-0.4, -0.2) is 118 Å². The molecule has 0 aliphatic carbocycles. The highest BCUT2D eigenvalue weighted by molar-refractivity contribution is 7.79. The van der Waals surface area contributed by atoms with Crippen LogP contribution in [0.3, 0.4) is 0 Å². The van der Waals surface area contributed by atoms with Gasteiger partial charge in [0.2, 0.25) is 0 Å². The predicted octanol–water partition coefficient (Wildman–Crippen LogP) is -5.51. The van der Waals surface area contributed by atoms with Gasteiger partial charge in [-0.2, -0.15) is 0 Å². The van der Waals surface area contributed by atoms with Crippen molar-refractivity contribution in [2.45, 2.75) is 60.6 Å². The van der Waals surface area contributed by atoms with Gasteiger partial charge in [-0.25, -0.2) is 0 Å². The number of ether oxygens (including phenoxy) is 3. The smallest absolute Gasteiger partial charge is 0.187 e. The predicted molar refractivity (Wildman–Crippen MR) is 75.3 cm³/mol. The Balaban J connectivity index is 2.15. The van der Waals surface area contributed by atoms with E-state index in [2.05, 4.69) is 0 Å². The lowest BCUT2D eigenvalue weighted by Crippen LogP contribution is -2.64. The molecule has 25 heavy (non-hydrogen) atoms. The molecular formula is C12H21O12S-. The number of hydrogen-bond acceptors (Lipinski definition) is 12. The average molecular weight is 389 g/mol. The van der Waals surface area contributed by atoms with Gasteiger partial charge in [0.25, 0.3) is 0 Å². The van der Waals surface area contributed by atoms with Crippen LogP contribution in [0.2, 0.25) is 0 Å². The third-order valence-corrected chi connectivity index (χ3v) is 4.92. The molecule has 11 atom stereocenters. The molecule has 2 aliphatic rings. The molecule has 0 bridgehead atoms. The molecule has 0 aromatic rings. The van der Waals surface area contributed by atoms with E-state index in [9.17, 15) is 39.4 Å². The summed E-state index contributed by atoms with van der Waals surface area (Å²) in [5, 5.41) is 67.7. The molecule has 2 rings (SSSR count). The zero-order valence-corrected chi connectivity index (χ0v) is 13.6. The monoisotopic (exact) mass is 389 g/mol. The minimum atomic E-state index is -2.91. The van der Waals surface area contributed by atoms with Crippen molar-refractivity contribution in [2.75, 3.05) is 13.2 Å². The molecule has 12 nitrogen and oxygen atoms in total. The molecule has 0 radical (unpaired) electrons. The Labute approximate surface area is 144 Å². The number of hydrogen-bond donors (Lipinski definition) is 7. The molecule has 2 heterocycles. The Morgan fingerprint density at radius 2 is 1.44 bits per heavy atom. The van der Waals surface area contributed by atoms with E-state index in [1.807, 2.05) is 0 Å². The lowest BCUT2D eigenvalue weighted by Gasteiger charge is -2.46. The van der Waals surface area contributed by atoms with Gasteiger partial charge in [0, 0.05) is 0 Å². The van der Waals surface area contributed by atoms with E-state index in [1.165, 1.54) is 0 Å². The standard InChI is InChI=1S/C12H22O12S/c13-1-3-5(15)6(16)8(18)11(22-3)24-10-4(2-14)23-12(25(20)21)9(19)7(10)17/h3-19H,1-2H2,(H,20,21)/p-1/t3?,4?,5-,6+,7-,8?,9?,10-,11-,12+/m1/s1. The number of rotatable bonds is 5. The maximum atomic E-state index is 11.0. The highest BCUT2D eigenvalue weighted by Gasteiger charge is 2.50. The summed E-state index contributed by atoms with van der Waals surface area (Å²) >= 11 is -2.91. The lowest BCUT2D eigenvalue weighted by atomic mass is 9.97. The maximum Gasteiger partial charge on any atom is 0.187 e. The zero-order chi connectivity index (χ0) is 18.9. The fourth-order valence-corrected chi connectivity index (χ4v) is 3.34. The van der Waals surface area contributed by atoms with Crippen LogP contribution in [0, 0.1) is 0 Å². The van der Waals surface area contributed by atoms with Crippen LogP contribution in [0.1, 0.15) is 0 Å². The van der Waals surface area contributed by atoms with Crippen LogP contribution in [0.15, 0.2) is 0 Å². The van der Waals surface area contributed by atoms with Crippen LogP contribution in [-0.2, 0) is 25.3 Å². The Bertz CT molecular complexity index is 461. The summed E-state index contributed by atoms with van der Waals surface area (Å²) in [4.78, 5) is 0. The molecule has 0 aromatic heterocycles. The molecule has 7 N–H and O–H groups in total. The van der Waals surface area contributed by atoms with Crippen molar-refractivity contribution in [2.24, 2.45) is 0 Å². The van der Waals surface area contributed by atoms with Crippen molar-refractivity contribution < 1.29 is 58.7 Å². The Morgan fingerprint density at radius 3 is 1.96 bits per heavy atom. The van der Waals surface area contributed by atoms with Crippen molar-refractivity contribution in [1.82, 2.24) is 0 Å². The molecule has 0 aromatic carbocycles. The zero-order valence-electron chi connectivity index (χ0n) is 12.8. The summed E-state index contributed by atoms with van der Waals surface area (Å²) in [6.07, 6.45) is -14.7. The molecule has 2 fully saturated rings. The van der Waals surface area contributed by atoms with E-state index in [1.54, 1.807) is 0 Å². The topological polar surface area (TPSA) is 209 Å². The van der Waals surface area contributed by atoms with Crippen LogP contribution >= 0.6 is 0 Å². The van der Waals surface area contributed by atoms with Gasteiger partial charge in [-0.15, -0.1) is 0 Å². The fraction of sp³-hybridized carbons (Fsp3) is 1.00. The highest BCUT2D eigenvalue weighted by Crippen LogP contribution is 2.29. The molecule has 5 unspecified atom stereocenters. The van der Waals surface area contributed by atoms with Crippen LogP contribution in [0.5, 0.6) is 0 Å². The Hall–Kier alpha value is -0.290. The van der Waals surface area contributed by atoms with Gasteiger partial charge in [-0.05, 0) is 11.1 Å². The molecule has 0 spiro atoms. The highest BCUT2D eigenvalue weighted by atomic mass is 32.2. The average Bonchev–Trinajstić information content (AvgIpc) is 2.58. The van der Waals surface area contributed by atoms with E-state index in [-0.39, 0.29) is 0 Å². The third kappa shape index (κ3) is 4.18. The van der Waals surface area contributed by atoms with Crippen molar-refractivity contribution in [3.05, 3.63) is 0 Å². The summed E-state index contributed by atoms with van der Waals surface area (Å²) in [6, 6.07) is 0. The van der Waals surface area contributed by atoms with Crippen LogP contribution < -0.4 is 0 Å². The van der Waals surface area contributed by atoms with E-state index in [0.717, 1.165) is 0 Å². The normalized spacial score (nSPS) is 49.8. The summed E-state index contributed by atoms with van der Waals surface area (Å²) in [6.45, 7) is -1.50. The largest absolute Gasteiger partial charge is 0.770 e. The fourth-order valence-electron chi connectivity index (χ4n) is 2.71. The Morgan fingerprint density at radius 1 is 0.840 bits per heavy atom. The molecule has 2 aliphatic heterocycles. The van der Waals surface area contributed by atoms with Gasteiger partial charge in [-0.3, -0.25) is 4.21 Å². The summed E-state index contributed by atoms with van der Waals surface area (Å²) in [7, 11) is 0. The van der Waals surface area contributed by atoms with Crippen molar-refractivity contribution in [3.63, 3.8) is 0 Å². The van der Waals surface area contributed by atoms with Crippen molar-refractivity contribution >= 4 is 11.1 Å². The third-order valence-electron chi connectivity index (χ3n) is 4.15. The van der Waals surface area contributed by atoms with E-state index in [0.29, 0.717) is 0 Å². The quantitative estimate of drug-likeness (QED) is 0.220. The second-order valence-corrected chi connectivity index (χ2v) is 6.75. The molecule has 2 saturated heterocycles. The molecule has 0 amide bonds. The maximum absolute atomic E-state index is 11.0. The molecular weight excluding hydrogens is 368 g/mol. The minimum absolute atomic E-state index is 0.710. The van der Waals surface area contributed by atoms with E-state index < -0.39 is 84.9 Å². The van der Waals surface area contributed by atoms with Crippen LogP contribution in [0.25, 0.3) is 0 Å². The van der Waals surface area contributed by atoms with Gasteiger partial charge in [0.1, 0.15) is 54.3 Å². The first-order valence-electron chi connectivity index (χ1n) is 7.39. The summed E-state index contributed by atoms with van der Waals surface area (Å²) < 4.78 is 37.4. The first-order chi connectivity index (χ1) is 11.7. The minimum Gasteiger partial charge on any atom is -0.770 e. The first kappa shape index (κ1) is 21.0. The molecule has 148 valence electrons. The van der Waals surface area contributed by atoms with Gasteiger partial charge in [0.15, 0.2) is 6.29 Å². The second-order valence-electron chi connectivity index (χ2n) is 5.77. The van der Waals surface area contributed by atoms with Gasteiger partial charge >= 0.3 is 0 Å². The first-order valence-corrected chi connectivity index (χ1v) is 8.53. The Kier molecular flexibility index (Phi) is 7.23. The van der Waals surface area contributed by atoms with Gasteiger partial charge < -0.3 is 54.5 Å². The van der Waals surface area contributed by atoms with Gasteiger partial charge in [-0.1, -0.05) is 0 Å². The van der Waals surface area contributed by atoms with Gasteiger partial charge in [0.05, 0.1) is 13.2 Å². The van der Waals surface area contributed by atoms with Crippen molar-refractivity contribution in [1.29, 1.82) is 0 Å². The van der Waals surface area contributed by atoms with E-state index >= 15 is 0 Å². The SMILES string of the molecule is O=S([O-])[C@@H]1OC(CO)[C@@H](O[C@H]2OC(CO)[C@@H](O)[C@H](O)C2O)[C@H](O)C1O. The van der Waals surface area contributed by atoms with E-state index in [4.69, 9.17) is 19.3 Å². The molecule has 0 saturated carbocycles.